The average molecular weight is 323 g/mol. The van der Waals surface area contributed by atoms with E-state index in [1.165, 1.54) is 0 Å². The van der Waals surface area contributed by atoms with Crippen molar-refractivity contribution in [3.8, 4) is 17.2 Å². The molecule has 0 spiro atoms. The summed E-state index contributed by atoms with van der Waals surface area (Å²) in [4.78, 5) is 12.2. The molecule has 1 amide bonds. The predicted octanol–water partition coefficient (Wildman–Crippen LogP) is 3.34. The highest BCUT2D eigenvalue weighted by molar-refractivity contribution is 5.77. The molecule has 23 heavy (non-hydrogen) atoms. The highest BCUT2D eigenvalue weighted by Crippen LogP contribution is 2.40. The topological polar surface area (TPSA) is 56.8 Å². The normalized spacial score (nSPS) is 11.0. The first-order valence-electron chi connectivity index (χ1n) is 7.97. The van der Waals surface area contributed by atoms with Gasteiger partial charge in [0.2, 0.25) is 11.7 Å². The summed E-state index contributed by atoms with van der Waals surface area (Å²) in [5.74, 6) is 1.83. The van der Waals surface area contributed by atoms with Crippen LogP contribution >= 0.6 is 0 Å². The van der Waals surface area contributed by atoms with E-state index in [4.69, 9.17) is 14.2 Å². The predicted molar refractivity (Wildman–Crippen MR) is 91.5 cm³/mol. The van der Waals surface area contributed by atoms with Crippen LogP contribution in [0.3, 0.4) is 0 Å². The van der Waals surface area contributed by atoms with Gasteiger partial charge >= 0.3 is 0 Å². The van der Waals surface area contributed by atoms with Gasteiger partial charge in [0.15, 0.2) is 11.5 Å². The molecule has 1 N–H and O–H groups in total. The van der Waals surface area contributed by atoms with E-state index in [2.05, 4.69) is 12.2 Å². The van der Waals surface area contributed by atoms with Gasteiger partial charge in [-0.15, -0.1) is 0 Å². The molecule has 1 aromatic rings. The van der Waals surface area contributed by atoms with Crippen LogP contribution in [-0.2, 0) is 11.2 Å². The SMILES string of the molecule is CCCC(C)(C)NC(=O)CCc1ccc(OC)c(OC)c1OC. The van der Waals surface area contributed by atoms with Gasteiger partial charge in [-0.05, 0) is 38.3 Å². The number of carbonyl (C=O) groups is 1. The zero-order chi connectivity index (χ0) is 17.5. The lowest BCUT2D eigenvalue weighted by atomic mass is 9.98. The van der Waals surface area contributed by atoms with Gasteiger partial charge in [-0.3, -0.25) is 4.79 Å². The lowest BCUT2D eigenvalue weighted by Crippen LogP contribution is -2.43. The molecular formula is C18H29NO4. The van der Waals surface area contributed by atoms with Crippen LogP contribution in [-0.4, -0.2) is 32.8 Å². The number of aryl methyl sites for hydroxylation is 1. The molecule has 0 saturated heterocycles. The Hall–Kier alpha value is -1.91. The second-order valence-corrected chi connectivity index (χ2v) is 6.18. The first-order valence-corrected chi connectivity index (χ1v) is 7.97. The van der Waals surface area contributed by atoms with Crippen molar-refractivity contribution >= 4 is 5.91 Å². The van der Waals surface area contributed by atoms with Gasteiger partial charge in [0.1, 0.15) is 0 Å². The molecule has 0 fully saturated rings. The van der Waals surface area contributed by atoms with E-state index in [0.717, 1.165) is 18.4 Å². The molecule has 0 aliphatic heterocycles. The van der Waals surface area contributed by atoms with E-state index in [0.29, 0.717) is 30.1 Å². The Morgan fingerprint density at radius 3 is 2.26 bits per heavy atom. The summed E-state index contributed by atoms with van der Waals surface area (Å²) in [5, 5.41) is 3.08. The smallest absolute Gasteiger partial charge is 0.220 e. The molecule has 0 aromatic heterocycles. The van der Waals surface area contributed by atoms with E-state index in [9.17, 15) is 4.79 Å². The molecule has 130 valence electrons. The van der Waals surface area contributed by atoms with Crippen LogP contribution in [0.4, 0.5) is 0 Å². The van der Waals surface area contributed by atoms with Crippen LogP contribution in [0.15, 0.2) is 12.1 Å². The van der Waals surface area contributed by atoms with Crippen molar-refractivity contribution in [2.24, 2.45) is 0 Å². The van der Waals surface area contributed by atoms with Crippen LogP contribution in [0.25, 0.3) is 0 Å². The van der Waals surface area contributed by atoms with Gasteiger partial charge in [0.25, 0.3) is 0 Å². The first kappa shape index (κ1) is 19.1. The summed E-state index contributed by atoms with van der Waals surface area (Å²) in [5.41, 5.74) is 0.752. The maximum Gasteiger partial charge on any atom is 0.220 e. The minimum absolute atomic E-state index is 0.0419. The lowest BCUT2D eigenvalue weighted by Gasteiger charge is -2.26. The van der Waals surface area contributed by atoms with Crippen molar-refractivity contribution in [3.63, 3.8) is 0 Å². The second-order valence-electron chi connectivity index (χ2n) is 6.18. The summed E-state index contributed by atoms with van der Waals surface area (Å²) in [7, 11) is 4.75. The van der Waals surface area contributed by atoms with Crippen molar-refractivity contribution < 1.29 is 19.0 Å². The summed E-state index contributed by atoms with van der Waals surface area (Å²) in [6.45, 7) is 6.21. The highest BCUT2D eigenvalue weighted by Gasteiger charge is 2.20. The van der Waals surface area contributed by atoms with Crippen LogP contribution in [0.1, 0.15) is 45.6 Å². The van der Waals surface area contributed by atoms with Gasteiger partial charge in [-0.1, -0.05) is 19.4 Å². The summed E-state index contributed by atoms with van der Waals surface area (Å²) in [6, 6.07) is 3.74. The number of amides is 1. The first-order chi connectivity index (χ1) is 10.9. The van der Waals surface area contributed by atoms with Gasteiger partial charge in [-0.25, -0.2) is 0 Å². The Morgan fingerprint density at radius 1 is 1.09 bits per heavy atom. The van der Waals surface area contributed by atoms with Gasteiger partial charge in [0.05, 0.1) is 21.3 Å². The number of methoxy groups -OCH3 is 3. The maximum atomic E-state index is 12.2. The number of nitrogens with one attached hydrogen (secondary N) is 1. The third-order valence-corrected chi connectivity index (χ3v) is 3.76. The standard InChI is InChI=1S/C18H29NO4/c1-7-12-18(2,3)19-15(20)11-9-13-8-10-14(21-4)17(23-6)16(13)22-5/h8,10H,7,9,11-12H2,1-6H3,(H,19,20). The van der Waals surface area contributed by atoms with Crippen molar-refractivity contribution in [3.05, 3.63) is 17.7 Å². The van der Waals surface area contributed by atoms with E-state index in [1.807, 2.05) is 26.0 Å². The number of hydrogen-bond donors (Lipinski definition) is 1. The highest BCUT2D eigenvalue weighted by atomic mass is 16.5. The third kappa shape index (κ3) is 5.34. The van der Waals surface area contributed by atoms with Crippen LogP contribution in [0.5, 0.6) is 17.2 Å². The summed E-state index contributed by atoms with van der Waals surface area (Å²) in [6.07, 6.45) is 2.98. The second kappa shape index (κ2) is 8.65. The molecule has 0 aliphatic carbocycles. The van der Waals surface area contributed by atoms with Crippen molar-refractivity contribution in [2.45, 2.75) is 52.0 Å². The molecular weight excluding hydrogens is 294 g/mol. The Labute approximate surface area is 139 Å². The van der Waals surface area contributed by atoms with E-state index >= 15 is 0 Å². The number of carbonyl (C=O) groups excluding carboxylic acids is 1. The molecule has 5 heteroatoms. The quantitative estimate of drug-likeness (QED) is 0.757. The molecule has 0 saturated carbocycles. The summed E-state index contributed by atoms with van der Waals surface area (Å²) < 4.78 is 16.1. The molecule has 0 radical (unpaired) electrons. The minimum Gasteiger partial charge on any atom is -0.493 e. The van der Waals surface area contributed by atoms with Crippen molar-refractivity contribution in [1.29, 1.82) is 0 Å². The van der Waals surface area contributed by atoms with E-state index in [-0.39, 0.29) is 11.4 Å². The van der Waals surface area contributed by atoms with Crippen LogP contribution in [0.2, 0.25) is 0 Å². The van der Waals surface area contributed by atoms with Crippen LogP contribution in [0, 0.1) is 0 Å². The molecule has 0 atom stereocenters. The number of hydrogen-bond acceptors (Lipinski definition) is 4. The van der Waals surface area contributed by atoms with Gasteiger partial charge in [-0.2, -0.15) is 0 Å². The Bertz CT molecular complexity index is 526. The molecule has 1 rings (SSSR count). The molecule has 0 bridgehead atoms. The number of benzene rings is 1. The zero-order valence-electron chi connectivity index (χ0n) is 15.1. The minimum atomic E-state index is -0.173. The van der Waals surface area contributed by atoms with Crippen molar-refractivity contribution in [2.75, 3.05) is 21.3 Å². The lowest BCUT2D eigenvalue weighted by molar-refractivity contribution is -0.122. The number of ether oxygens (including phenoxy) is 3. The molecule has 5 nitrogen and oxygen atoms in total. The third-order valence-electron chi connectivity index (χ3n) is 3.76. The van der Waals surface area contributed by atoms with Gasteiger partial charge < -0.3 is 19.5 Å². The Morgan fingerprint density at radius 2 is 1.74 bits per heavy atom. The van der Waals surface area contributed by atoms with Crippen molar-refractivity contribution in [1.82, 2.24) is 5.32 Å². The Kier molecular flexibility index (Phi) is 7.20. The molecule has 0 aliphatic rings. The fourth-order valence-electron chi connectivity index (χ4n) is 2.74. The molecule has 0 unspecified atom stereocenters. The zero-order valence-corrected chi connectivity index (χ0v) is 15.1. The monoisotopic (exact) mass is 323 g/mol. The van der Waals surface area contributed by atoms with E-state index in [1.54, 1.807) is 21.3 Å². The fraction of sp³-hybridized carbons (Fsp3) is 0.611. The largest absolute Gasteiger partial charge is 0.493 e. The Balaban J connectivity index is 2.80. The van der Waals surface area contributed by atoms with Crippen LogP contribution < -0.4 is 19.5 Å². The fourth-order valence-corrected chi connectivity index (χ4v) is 2.74. The average Bonchev–Trinajstić information content (AvgIpc) is 2.50. The van der Waals surface area contributed by atoms with E-state index < -0.39 is 0 Å². The summed E-state index contributed by atoms with van der Waals surface area (Å²) >= 11 is 0. The molecule has 0 heterocycles. The molecule has 1 aromatic carbocycles. The van der Waals surface area contributed by atoms with Gasteiger partial charge in [0, 0.05) is 12.0 Å². The number of rotatable bonds is 9. The maximum absolute atomic E-state index is 12.2.